The molecule has 0 aromatic heterocycles. The van der Waals surface area contributed by atoms with Crippen LogP contribution in [0.15, 0.2) is 24.3 Å². The van der Waals surface area contributed by atoms with Gasteiger partial charge in [0.15, 0.2) is 5.78 Å². The molecule has 1 aromatic carbocycles. The van der Waals surface area contributed by atoms with Gasteiger partial charge in [-0.3, -0.25) is 4.79 Å². The second-order valence-corrected chi connectivity index (χ2v) is 5.16. The van der Waals surface area contributed by atoms with E-state index in [1.807, 2.05) is 13.8 Å². The van der Waals surface area contributed by atoms with E-state index in [1.54, 1.807) is 36.1 Å². The van der Waals surface area contributed by atoms with Crippen molar-refractivity contribution in [3.05, 3.63) is 29.8 Å². The van der Waals surface area contributed by atoms with E-state index in [9.17, 15) is 14.7 Å². The van der Waals surface area contributed by atoms with Crippen LogP contribution in [0.3, 0.4) is 0 Å². The van der Waals surface area contributed by atoms with Crippen LogP contribution in [0.4, 0.5) is 10.5 Å². The molecule has 0 fully saturated rings. The van der Waals surface area contributed by atoms with Crippen molar-refractivity contribution in [3.63, 3.8) is 0 Å². The maximum atomic E-state index is 12.2. The highest BCUT2D eigenvalue weighted by molar-refractivity contribution is 5.96. The van der Waals surface area contributed by atoms with Crippen molar-refractivity contribution >= 4 is 17.5 Å². The van der Waals surface area contributed by atoms with E-state index >= 15 is 0 Å². The first-order valence-corrected chi connectivity index (χ1v) is 6.68. The fraction of sp³-hybridized carbons (Fsp3) is 0.467. The monoisotopic (exact) mass is 278 g/mol. The smallest absolute Gasteiger partial charge is 0.322 e. The maximum Gasteiger partial charge on any atom is 0.322 e. The van der Waals surface area contributed by atoms with Crippen LogP contribution < -0.4 is 5.32 Å². The molecule has 5 heteroatoms. The standard InChI is InChI=1S/C15H22N2O3/c1-10(2)17(9-11(3)18)15(20)16-14-7-5-6-13(8-14)12(4)19/h5-8,10-11,18H,9H2,1-4H3,(H,16,20). The summed E-state index contributed by atoms with van der Waals surface area (Å²) < 4.78 is 0. The molecule has 1 unspecified atom stereocenters. The minimum atomic E-state index is -0.591. The van der Waals surface area contributed by atoms with E-state index < -0.39 is 6.10 Å². The average molecular weight is 278 g/mol. The molecule has 0 saturated heterocycles. The van der Waals surface area contributed by atoms with Gasteiger partial charge < -0.3 is 15.3 Å². The second-order valence-electron chi connectivity index (χ2n) is 5.16. The lowest BCUT2D eigenvalue weighted by molar-refractivity contribution is 0.101. The molecule has 5 nitrogen and oxygen atoms in total. The molecule has 1 rings (SSSR count). The van der Waals surface area contributed by atoms with Gasteiger partial charge in [-0.05, 0) is 39.8 Å². The highest BCUT2D eigenvalue weighted by Gasteiger charge is 2.18. The third-order valence-electron chi connectivity index (χ3n) is 2.87. The Labute approximate surface area is 119 Å². The highest BCUT2D eigenvalue weighted by atomic mass is 16.3. The summed E-state index contributed by atoms with van der Waals surface area (Å²) in [5.41, 5.74) is 1.12. The van der Waals surface area contributed by atoms with Gasteiger partial charge in [0.1, 0.15) is 0 Å². The number of amides is 2. The normalized spacial score (nSPS) is 12.1. The summed E-state index contributed by atoms with van der Waals surface area (Å²) in [7, 11) is 0. The summed E-state index contributed by atoms with van der Waals surface area (Å²) in [6.45, 7) is 7.14. The zero-order valence-electron chi connectivity index (χ0n) is 12.4. The summed E-state index contributed by atoms with van der Waals surface area (Å²) >= 11 is 0. The first-order valence-electron chi connectivity index (χ1n) is 6.68. The largest absolute Gasteiger partial charge is 0.392 e. The summed E-state index contributed by atoms with van der Waals surface area (Å²) in [6.07, 6.45) is -0.591. The third kappa shape index (κ3) is 4.66. The number of aliphatic hydroxyl groups excluding tert-OH is 1. The minimum absolute atomic E-state index is 0.0272. The van der Waals surface area contributed by atoms with Gasteiger partial charge in [0.05, 0.1) is 6.10 Å². The first-order chi connectivity index (χ1) is 9.31. The molecular weight excluding hydrogens is 256 g/mol. The molecule has 1 atom stereocenters. The number of rotatable bonds is 5. The Morgan fingerprint density at radius 3 is 2.45 bits per heavy atom. The van der Waals surface area contributed by atoms with Crippen LogP contribution in [0.5, 0.6) is 0 Å². The van der Waals surface area contributed by atoms with Gasteiger partial charge in [0, 0.05) is 23.8 Å². The van der Waals surface area contributed by atoms with E-state index in [-0.39, 0.29) is 24.4 Å². The number of ketones is 1. The first kappa shape index (κ1) is 16.2. The Bertz CT molecular complexity index is 484. The molecule has 0 radical (unpaired) electrons. The van der Waals surface area contributed by atoms with Crippen LogP contribution >= 0.6 is 0 Å². The van der Waals surface area contributed by atoms with Gasteiger partial charge in [-0.1, -0.05) is 12.1 Å². The van der Waals surface area contributed by atoms with Crippen molar-refractivity contribution in [1.82, 2.24) is 4.90 Å². The van der Waals surface area contributed by atoms with E-state index in [4.69, 9.17) is 0 Å². The summed E-state index contributed by atoms with van der Waals surface area (Å²) in [6, 6.07) is 6.48. The molecule has 1 aromatic rings. The Balaban J connectivity index is 2.82. The molecule has 2 amide bonds. The van der Waals surface area contributed by atoms with E-state index in [2.05, 4.69) is 5.32 Å². The average Bonchev–Trinajstić information content (AvgIpc) is 2.35. The quantitative estimate of drug-likeness (QED) is 0.813. The van der Waals surface area contributed by atoms with Gasteiger partial charge in [-0.2, -0.15) is 0 Å². The van der Waals surface area contributed by atoms with Gasteiger partial charge >= 0.3 is 6.03 Å². The van der Waals surface area contributed by atoms with Crippen molar-refractivity contribution in [3.8, 4) is 0 Å². The van der Waals surface area contributed by atoms with Crippen LogP contribution in [0, 0.1) is 0 Å². The van der Waals surface area contributed by atoms with E-state index in [1.165, 1.54) is 6.92 Å². The maximum absolute atomic E-state index is 12.2. The zero-order chi connectivity index (χ0) is 15.3. The SMILES string of the molecule is CC(=O)c1cccc(NC(=O)N(CC(C)O)C(C)C)c1. The molecule has 20 heavy (non-hydrogen) atoms. The van der Waals surface area contributed by atoms with E-state index in [0.717, 1.165) is 0 Å². The number of carbonyl (C=O) groups excluding carboxylic acids is 2. The Morgan fingerprint density at radius 2 is 1.95 bits per heavy atom. The molecular formula is C15H22N2O3. The van der Waals surface area contributed by atoms with Crippen molar-refractivity contribution in [2.45, 2.75) is 39.8 Å². The molecule has 0 aliphatic carbocycles. The predicted molar refractivity (Wildman–Crippen MR) is 79.0 cm³/mol. The predicted octanol–water partition coefficient (Wildman–Crippen LogP) is 2.51. The Morgan fingerprint density at radius 1 is 1.30 bits per heavy atom. The number of nitrogens with one attached hydrogen (secondary N) is 1. The molecule has 110 valence electrons. The fourth-order valence-electron chi connectivity index (χ4n) is 1.82. The molecule has 2 N–H and O–H groups in total. The number of urea groups is 1. The van der Waals surface area contributed by atoms with Gasteiger partial charge in [-0.15, -0.1) is 0 Å². The van der Waals surface area contributed by atoms with Crippen molar-refractivity contribution in [2.75, 3.05) is 11.9 Å². The van der Waals surface area contributed by atoms with Crippen molar-refractivity contribution in [2.24, 2.45) is 0 Å². The molecule has 0 aliphatic heterocycles. The number of Topliss-reactive ketones (excluding diaryl/α,β-unsaturated/α-hetero) is 1. The van der Waals surface area contributed by atoms with Crippen molar-refractivity contribution < 1.29 is 14.7 Å². The van der Waals surface area contributed by atoms with Gasteiger partial charge in [0.25, 0.3) is 0 Å². The summed E-state index contributed by atoms with van der Waals surface area (Å²) in [5.74, 6) is -0.0502. The number of aliphatic hydroxyl groups is 1. The lowest BCUT2D eigenvalue weighted by atomic mass is 10.1. The topological polar surface area (TPSA) is 69.6 Å². The molecule has 0 bridgehead atoms. The number of carbonyl (C=O) groups is 2. The molecule has 0 spiro atoms. The van der Waals surface area contributed by atoms with Gasteiger partial charge in [0.2, 0.25) is 0 Å². The highest BCUT2D eigenvalue weighted by Crippen LogP contribution is 2.13. The second kappa shape index (κ2) is 7.05. The number of nitrogens with zero attached hydrogens (tertiary/aromatic N) is 1. The molecule has 0 heterocycles. The number of hydrogen-bond donors (Lipinski definition) is 2. The minimum Gasteiger partial charge on any atom is -0.392 e. The van der Waals surface area contributed by atoms with Crippen molar-refractivity contribution in [1.29, 1.82) is 0 Å². The van der Waals surface area contributed by atoms with Crippen LogP contribution in [0.1, 0.15) is 38.1 Å². The van der Waals surface area contributed by atoms with Gasteiger partial charge in [-0.25, -0.2) is 4.79 Å². The number of anilines is 1. The Kier molecular flexibility index (Phi) is 5.70. The van der Waals surface area contributed by atoms with Crippen LogP contribution in [0.25, 0.3) is 0 Å². The summed E-state index contributed by atoms with van der Waals surface area (Å²) in [4.78, 5) is 25.1. The fourth-order valence-corrected chi connectivity index (χ4v) is 1.82. The lowest BCUT2D eigenvalue weighted by Crippen LogP contribution is -2.43. The van der Waals surface area contributed by atoms with Crippen LogP contribution in [-0.4, -0.2) is 40.5 Å². The Hall–Kier alpha value is -1.88. The zero-order valence-corrected chi connectivity index (χ0v) is 12.4. The molecule has 0 saturated carbocycles. The summed E-state index contributed by atoms with van der Waals surface area (Å²) in [5, 5.41) is 12.2. The third-order valence-corrected chi connectivity index (χ3v) is 2.87. The molecule has 0 aliphatic rings. The number of hydrogen-bond acceptors (Lipinski definition) is 3. The van der Waals surface area contributed by atoms with Crippen LogP contribution in [0.2, 0.25) is 0 Å². The lowest BCUT2D eigenvalue weighted by Gasteiger charge is -2.28. The van der Waals surface area contributed by atoms with Crippen LogP contribution in [-0.2, 0) is 0 Å². The number of benzene rings is 1. The van der Waals surface area contributed by atoms with E-state index in [0.29, 0.717) is 11.3 Å².